The van der Waals surface area contributed by atoms with Gasteiger partial charge in [-0.15, -0.1) is 11.3 Å². The fourth-order valence-electron chi connectivity index (χ4n) is 1.47. The van der Waals surface area contributed by atoms with Crippen molar-refractivity contribution in [2.75, 3.05) is 0 Å². The second-order valence-electron chi connectivity index (χ2n) is 4.91. The smallest absolute Gasteiger partial charge is 0.399 e. The summed E-state index contributed by atoms with van der Waals surface area (Å²) in [5.41, 5.74) is -1.15. The first-order valence-corrected chi connectivity index (χ1v) is 6.16. The summed E-state index contributed by atoms with van der Waals surface area (Å²) >= 11 is 0.855. The molecule has 0 atom stereocenters. The first kappa shape index (κ1) is 6.69. The molecule has 1 saturated heterocycles. The van der Waals surface area contributed by atoms with Gasteiger partial charge in [0.2, 0.25) is 0 Å². The van der Waals surface area contributed by atoms with Crippen molar-refractivity contribution < 1.29 is 18.9 Å². The molecule has 0 unspecified atom stereocenters. The zero-order chi connectivity index (χ0) is 18.8. The van der Waals surface area contributed by atoms with Crippen LogP contribution in [0.3, 0.4) is 0 Å². The van der Waals surface area contributed by atoms with Gasteiger partial charge in [0.05, 0.1) is 21.0 Å². The zero-order valence-electron chi connectivity index (χ0n) is 17.3. The van der Waals surface area contributed by atoms with E-state index in [-0.39, 0.29) is 5.01 Å². The molecule has 0 aliphatic carbocycles. The first-order valence-electron chi connectivity index (χ1n) is 8.85. The average molecular weight is 260 g/mol. The van der Waals surface area contributed by atoms with Gasteiger partial charge in [0.1, 0.15) is 0 Å². The predicted molar refractivity (Wildman–Crippen MR) is 71.8 cm³/mol. The normalized spacial score (nSPS) is 30.6. The van der Waals surface area contributed by atoms with Gasteiger partial charge >= 0.3 is 7.12 Å². The van der Waals surface area contributed by atoms with Crippen molar-refractivity contribution in [1.29, 1.82) is 0 Å². The van der Waals surface area contributed by atoms with E-state index in [1.54, 1.807) is 0 Å². The van der Waals surface area contributed by atoms with E-state index < -0.39 is 37.9 Å². The van der Waals surface area contributed by atoms with E-state index in [9.17, 15) is 0 Å². The molecule has 1 aromatic heterocycles. The van der Waals surface area contributed by atoms with Crippen LogP contribution in [0.2, 0.25) is 0 Å². The largest absolute Gasteiger partial charge is 0.507 e. The Morgan fingerprint density at radius 3 is 2.65 bits per heavy atom. The van der Waals surface area contributed by atoms with Gasteiger partial charge in [-0.2, -0.15) is 0 Å². The van der Waals surface area contributed by atoms with Crippen LogP contribution in [-0.2, 0) is 15.7 Å². The molecule has 1 fully saturated rings. The van der Waals surface area contributed by atoms with E-state index >= 15 is 0 Å². The number of aryl methyl sites for hydroxylation is 1. The third-order valence-corrected chi connectivity index (χ3v) is 4.11. The summed E-state index contributed by atoms with van der Waals surface area (Å²) in [6.45, 7) is 4.39. The highest BCUT2D eigenvalue weighted by Gasteiger charge is 2.52. The lowest BCUT2D eigenvalue weighted by molar-refractivity contribution is 0.00578. The van der Waals surface area contributed by atoms with E-state index in [1.165, 1.54) is 6.20 Å². The Morgan fingerprint density at radius 1 is 1.41 bits per heavy atom. The lowest BCUT2D eigenvalue weighted by atomic mass is 9.89. The summed E-state index contributed by atoms with van der Waals surface area (Å²) in [5, 5.41) is -0.256. The maximum Gasteiger partial charge on any atom is 0.507 e. The van der Waals surface area contributed by atoms with E-state index in [0.29, 0.717) is 4.78 Å². The molecule has 1 aliphatic rings. The maximum absolute atomic E-state index is 7.96. The second-order valence-corrected chi connectivity index (χ2v) is 5.97. The Labute approximate surface area is 118 Å². The van der Waals surface area contributed by atoms with Gasteiger partial charge in [0.15, 0.2) is 0 Å². The van der Waals surface area contributed by atoms with Crippen LogP contribution in [0.1, 0.15) is 55.5 Å². The van der Waals surface area contributed by atoms with Crippen molar-refractivity contribution in [2.24, 2.45) is 0 Å². The average Bonchev–Trinajstić information content (AvgIpc) is 2.92. The van der Waals surface area contributed by atoms with Gasteiger partial charge in [-0.05, 0) is 40.4 Å². The summed E-state index contributed by atoms with van der Waals surface area (Å²) in [6, 6.07) is 0. The first-order chi connectivity index (χ1) is 10.5. The lowest BCUT2D eigenvalue weighted by Gasteiger charge is -2.32. The summed E-state index contributed by atoms with van der Waals surface area (Å²) < 4.78 is 65.3. The van der Waals surface area contributed by atoms with Crippen LogP contribution < -0.4 is 4.78 Å². The van der Waals surface area contributed by atoms with Crippen LogP contribution in [0.5, 0.6) is 0 Å². The summed E-state index contributed by atoms with van der Waals surface area (Å²) in [7, 11) is -0.754. The minimum atomic E-state index is -3.12. The van der Waals surface area contributed by atoms with Crippen LogP contribution in [0.15, 0.2) is 6.20 Å². The molecule has 1 aliphatic heterocycles. The molecule has 2 rings (SSSR count). The van der Waals surface area contributed by atoms with E-state index in [1.807, 2.05) is 27.7 Å². The monoisotopic (exact) mass is 260 g/mol. The molecule has 17 heavy (non-hydrogen) atoms. The Kier molecular flexibility index (Phi) is 1.72. The molecule has 0 spiro atoms. The van der Waals surface area contributed by atoms with Gasteiger partial charge in [-0.3, -0.25) is 4.98 Å². The van der Waals surface area contributed by atoms with E-state index in [4.69, 9.17) is 18.9 Å². The van der Waals surface area contributed by atoms with E-state index in [2.05, 4.69) is 4.98 Å². The molecule has 5 heteroatoms. The van der Waals surface area contributed by atoms with Crippen LogP contribution in [-0.4, -0.2) is 23.3 Å². The van der Waals surface area contributed by atoms with Crippen LogP contribution in [0.4, 0.5) is 0 Å². The minimum Gasteiger partial charge on any atom is -0.399 e. The van der Waals surface area contributed by atoms with Gasteiger partial charge in [-0.25, -0.2) is 0 Å². The quantitative estimate of drug-likeness (QED) is 0.782. The van der Waals surface area contributed by atoms with Crippen molar-refractivity contribution in [3.05, 3.63) is 11.2 Å². The fraction of sp³-hybridized carbons (Fsp3) is 0.750. The Hall–Kier alpha value is -0.385. The number of hydrogen-bond donors (Lipinski definition) is 0. The highest BCUT2D eigenvalue weighted by Crippen LogP contribution is 2.36. The lowest BCUT2D eigenvalue weighted by Crippen LogP contribution is -2.41. The Bertz CT molecular complexity index is 613. The number of thiazole rings is 1. The van der Waals surface area contributed by atoms with Crippen LogP contribution >= 0.6 is 11.3 Å². The Morgan fingerprint density at radius 2 is 2.06 bits per heavy atom. The molecule has 1 aromatic rings. The van der Waals surface area contributed by atoms with Crippen LogP contribution in [0.25, 0.3) is 0 Å². The highest BCUT2D eigenvalue weighted by molar-refractivity contribution is 7.22. The van der Waals surface area contributed by atoms with Crippen molar-refractivity contribution in [1.82, 2.24) is 4.98 Å². The summed E-state index contributed by atoms with van der Waals surface area (Å²) in [4.78, 5) is 3.90. The predicted octanol–water partition coefficient (Wildman–Crippen LogP) is 2.39. The number of aromatic nitrogens is 1. The van der Waals surface area contributed by atoms with Crippen molar-refractivity contribution in [2.45, 2.75) is 58.5 Å². The zero-order valence-corrected chi connectivity index (χ0v) is 11.1. The second kappa shape index (κ2) is 4.37. The standard InChI is InChI=1S/C12H20BNO2S/c1-6-7-10-14-8-9(17-10)13-15-11(2,3)12(4,5)16-13/h8H,6-7H2,1-5H3/i1D3,6D2,7D2. The van der Waals surface area contributed by atoms with Gasteiger partial charge < -0.3 is 9.31 Å². The fourth-order valence-corrected chi connectivity index (χ4v) is 2.19. The van der Waals surface area contributed by atoms with Crippen molar-refractivity contribution >= 4 is 23.2 Å². The number of nitrogens with zero attached hydrogens (tertiary/aromatic N) is 1. The van der Waals surface area contributed by atoms with Gasteiger partial charge in [-0.1, -0.05) is 6.85 Å². The Balaban J connectivity index is 2.32. The molecular weight excluding hydrogens is 233 g/mol. The molecule has 0 bridgehead atoms. The van der Waals surface area contributed by atoms with Gasteiger partial charge in [0, 0.05) is 15.8 Å². The van der Waals surface area contributed by atoms with Crippen molar-refractivity contribution in [3.8, 4) is 0 Å². The third kappa shape index (κ3) is 2.42. The molecule has 0 radical (unpaired) electrons. The molecule has 94 valence electrons. The topological polar surface area (TPSA) is 31.4 Å². The molecule has 0 aromatic carbocycles. The third-order valence-electron chi connectivity index (χ3n) is 3.18. The summed E-state index contributed by atoms with van der Waals surface area (Å²) in [6.07, 6.45) is -4.51. The molecule has 2 heterocycles. The van der Waals surface area contributed by atoms with Gasteiger partial charge in [0.25, 0.3) is 0 Å². The van der Waals surface area contributed by atoms with Crippen LogP contribution in [0, 0.1) is 0 Å². The molecule has 0 amide bonds. The maximum atomic E-state index is 7.96. The SMILES string of the molecule is [2H]C([2H])([2H])C([2H])([2H])C([2H])([2H])c1ncc(B2OC(C)(C)C(C)(C)O2)s1. The molecule has 0 N–H and O–H groups in total. The molecule has 3 nitrogen and oxygen atoms in total. The highest BCUT2D eigenvalue weighted by atomic mass is 32.1. The summed E-state index contributed by atoms with van der Waals surface area (Å²) in [5.74, 6) is 0. The minimum absolute atomic E-state index is 0.256. The number of hydrogen-bond acceptors (Lipinski definition) is 4. The van der Waals surface area contributed by atoms with Crippen molar-refractivity contribution in [3.63, 3.8) is 0 Å². The molecule has 0 saturated carbocycles. The number of rotatable bonds is 3. The molecular formula is C12H20BNO2S. The van der Waals surface area contributed by atoms with E-state index in [0.717, 1.165) is 11.3 Å².